The van der Waals surface area contributed by atoms with Gasteiger partial charge in [-0.15, -0.1) is 11.6 Å². The van der Waals surface area contributed by atoms with Gasteiger partial charge in [0.15, 0.2) is 0 Å². The quantitative estimate of drug-likeness (QED) is 0.612. The summed E-state index contributed by atoms with van der Waals surface area (Å²) >= 11 is 18.5. The van der Waals surface area contributed by atoms with Crippen LogP contribution in [-0.4, -0.2) is 0 Å². The van der Waals surface area contributed by atoms with Gasteiger partial charge in [0.05, 0.1) is 5.38 Å². The monoisotopic (exact) mass is 316 g/mol. The molecule has 1 unspecified atom stereocenters. The van der Waals surface area contributed by atoms with Crippen molar-refractivity contribution in [3.05, 3.63) is 69.0 Å². The third kappa shape index (κ3) is 3.22. The highest BCUT2D eigenvalue weighted by Crippen LogP contribution is 2.33. The molecule has 0 saturated carbocycles. The van der Waals surface area contributed by atoms with E-state index in [1.807, 2.05) is 19.1 Å². The highest BCUT2D eigenvalue weighted by atomic mass is 35.5. The van der Waals surface area contributed by atoms with Gasteiger partial charge in [-0.2, -0.15) is 0 Å². The van der Waals surface area contributed by atoms with Gasteiger partial charge in [-0.05, 0) is 42.7 Å². The molecule has 2 aromatic rings. The van der Waals surface area contributed by atoms with Gasteiger partial charge in [-0.3, -0.25) is 0 Å². The summed E-state index contributed by atoms with van der Waals surface area (Å²) in [4.78, 5) is 0. The topological polar surface area (TPSA) is 0 Å². The predicted molar refractivity (Wildman–Crippen MR) is 79.9 cm³/mol. The standard InChI is InChI=1S/C15H12Cl3F/c1-9-10(4-2-5-12(9)16)14(18)8-11-13(17)6-3-7-15(11)19/h2-7,14H,8H2,1H3. The maximum atomic E-state index is 13.7. The second kappa shape index (κ2) is 6.13. The lowest BCUT2D eigenvalue weighted by molar-refractivity contribution is 0.607. The molecule has 4 heteroatoms. The van der Waals surface area contributed by atoms with E-state index in [0.29, 0.717) is 22.0 Å². The first kappa shape index (κ1) is 14.6. The zero-order chi connectivity index (χ0) is 14.0. The van der Waals surface area contributed by atoms with Gasteiger partial charge in [0.1, 0.15) is 5.82 Å². The van der Waals surface area contributed by atoms with E-state index in [1.165, 1.54) is 6.07 Å². The largest absolute Gasteiger partial charge is 0.207 e. The molecule has 19 heavy (non-hydrogen) atoms. The Hall–Kier alpha value is -0.760. The molecule has 0 fully saturated rings. The van der Waals surface area contributed by atoms with Crippen LogP contribution >= 0.6 is 34.8 Å². The molecule has 0 amide bonds. The minimum Gasteiger partial charge on any atom is -0.207 e. The molecule has 2 aromatic carbocycles. The molecule has 0 heterocycles. The fraction of sp³-hybridized carbons (Fsp3) is 0.200. The third-order valence-electron chi connectivity index (χ3n) is 3.09. The van der Waals surface area contributed by atoms with Crippen molar-refractivity contribution in [3.63, 3.8) is 0 Å². The number of hydrogen-bond acceptors (Lipinski definition) is 0. The van der Waals surface area contributed by atoms with Crippen LogP contribution in [0.3, 0.4) is 0 Å². The summed E-state index contributed by atoms with van der Waals surface area (Å²) in [6.45, 7) is 1.90. The Balaban J connectivity index is 2.31. The summed E-state index contributed by atoms with van der Waals surface area (Å²) in [5, 5.41) is 0.682. The predicted octanol–water partition coefficient (Wildman–Crippen LogP) is 5.96. The average molecular weight is 318 g/mol. The molecule has 0 aliphatic rings. The van der Waals surface area contributed by atoms with Crippen LogP contribution in [0.5, 0.6) is 0 Å². The van der Waals surface area contributed by atoms with Crippen LogP contribution in [-0.2, 0) is 6.42 Å². The fourth-order valence-corrected chi connectivity index (χ4v) is 2.79. The lowest BCUT2D eigenvalue weighted by Gasteiger charge is -2.15. The summed E-state index contributed by atoms with van der Waals surface area (Å²) in [7, 11) is 0. The minimum absolute atomic E-state index is 0.328. The Morgan fingerprint density at radius 3 is 2.37 bits per heavy atom. The first-order valence-electron chi connectivity index (χ1n) is 5.82. The molecular formula is C15H12Cl3F. The Bertz CT molecular complexity index is 576. The molecule has 0 bridgehead atoms. The van der Waals surface area contributed by atoms with Crippen molar-refractivity contribution in [3.8, 4) is 0 Å². The number of rotatable bonds is 3. The van der Waals surface area contributed by atoms with Crippen molar-refractivity contribution < 1.29 is 4.39 Å². The first-order chi connectivity index (χ1) is 9.00. The van der Waals surface area contributed by atoms with Gasteiger partial charge in [-0.1, -0.05) is 41.4 Å². The number of benzene rings is 2. The van der Waals surface area contributed by atoms with E-state index in [0.717, 1.165) is 11.1 Å². The molecule has 0 aliphatic carbocycles. The van der Waals surface area contributed by atoms with Crippen LogP contribution in [0.2, 0.25) is 10.0 Å². The summed E-state index contributed by atoms with van der Waals surface area (Å²) in [6, 6.07) is 10.2. The molecule has 0 nitrogen and oxygen atoms in total. The fourth-order valence-electron chi connectivity index (χ4n) is 1.98. The van der Waals surface area contributed by atoms with E-state index in [1.54, 1.807) is 18.2 Å². The van der Waals surface area contributed by atoms with Crippen molar-refractivity contribution in [1.29, 1.82) is 0 Å². The molecule has 0 N–H and O–H groups in total. The van der Waals surface area contributed by atoms with Crippen molar-refractivity contribution in [2.45, 2.75) is 18.7 Å². The highest BCUT2D eigenvalue weighted by Gasteiger charge is 2.17. The maximum Gasteiger partial charge on any atom is 0.127 e. The van der Waals surface area contributed by atoms with Crippen LogP contribution < -0.4 is 0 Å². The van der Waals surface area contributed by atoms with Crippen molar-refractivity contribution >= 4 is 34.8 Å². The molecule has 0 saturated heterocycles. The summed E-state index contributed by atoms with van der Waals surface area (Å²) in [6.07, 6.45) is 0.328. The molecule has 0 aromatic heterocycles. The second-order valence-corrected chi connectivity index (χ2v) is 5.67. The van der Waals surface area contributed by atoms with Gasteiger partial charge < -0.3 is 0 Å². The molecule has 2 rings (SSSR count). The molecule has 1 atom stereocenters. The van der Waals surface area contributed by atoms with Gasteiger partial charge in [0, 0.05) is 15.6 Å². The van der Waals surface area contributed by atoms with Gasteiger partial charge >= 0.3 is 0 Å². The minimum atomic E-state index is -0.367. The first-order valence-corrected chi connectivity index (χ1v) is 7.02. The highest BCUT2D eigenvalue weighted by molar-refractivity contribution is 6.32. The van der Waals surface area contributed by atoms with E-state index >= 15 is 0 Å². The summed E-state index contributed by atoms with van der Waals surface area (Å²) < 4.78 is 13.7. The van der Waals surface area contributed by atoms with Gasteiger partial charge in [0.2, 0.25) is 0 Å². The average Bonchev–Trinajstić information content (AvgIpc) is 2.37. The van der Waals surface area contributed by atoms with Crippen LogP contribution in [0.15, 0.2) is 36.4 Å². The normalized spacial score (nSPS) is 12.5. The van der Waals surface area contributed by atoms with E-state index in [-0.39, 0.29) is 11.2 Å². The molecule has 100 valence electrons. The number of hydrogen-bond donors (Lipinski definition) is 0. The Morgan fingerprint density at radius 1 is 1.05 bits per heavy atom. The van der Waals surface area contributed by atoms with Crippen LogP contribution in [0.1, 0.15) is 22.1 Å². The lowest BCUT2D eigenvalue weighted by atomic mass is 9.99. The maximum absolute atomic E-state index is 13.7. The SMILES string of the molecule is Cc1c(Cl)cccc1C(Cl)Cc1c(F)cccc1Cl. The van der Waals surface area contributed by atoms with E-state index in [2.05, 4.69) is 0 Å². The van der Waals surface area contributed by atoms with Crippen molar-refractivity contribution in [2.24, 2.45) is 0 Å². The van der Waals surface area contributed by atoms with Crippen LogP contribution in [0.25, 0.3) is 0 Å². The number of alkyl halides is 1. The smallest absolute Gasteiger partial charge is 0.127 e. The van der Waals surface area contributed by atoms with E-state index in [9.17, 15) is 4.39 Å². The zero-order valence-corrected chi connectivity index (χ0v) is 12.5. The Morgan fingerprint density at radius 2 is 1.68 bits per heavy atom. The molecule has 0 radical (unpaired) electrons. The zero-order valence-electron chi connectivity index (χ0n) is 10.3. The van der Waals surface area contributed by atoms with Crippen molar-refractivity contribution in [2.75, 3.05) is 0 Å². The van der Waals surface area contributed by atoms with Crippen molar-refractivity contribution in [1.82, 2.24) is 0 Å². The lowest BCUT2D eigenvalue weighted by Crippen LogP contribution is -2.01. The molecule has 0 spiro atoms. The van der Waals surface area contributed by atoms with Gasteiger partial charge in [0.25, 0.3) is 0 Å². The van der Waals surface area contributed by atoms with E-state index < -0.39 is 0 Å². The van der Waals surface area contributed by atoms with Crippen LogP contribution in [0, 0.1) is 12.7 Å². The van der Waals surface area contributed by atoms with Gasteiger partial charge in [-0.25, -0.2) is 4.39 Å². The number of halogens is 4. The Labute approximate surface area is 127 Å². The Kier molecular flexibility index (Phi) is 4.72. The summed E-state index contributed by atoms with van der Waals surface area (Å²) in [5.74, 6) is -0.335. The molecular weight excluding hydrogens is 306 g/mol. The van der Waals surface area contributed by atoms with E-state index in [4.69, 9.17) is 34.8 Å². The second-order valence-electron chi connectivity index (χ2n) is 4.33. The summed E-state index contributed by atoms with van der Waals surface area (Å²) in [5.41, 5.74) is 2.24. The van der Waals surface area contributed by atoms with Crippen LogP contribution in [0.4, 0.5) is 4.39 Å². The third-order valence-corrected chi connectivity index (χ3v) is 4.25. The molecule has 0 aliphatic heterocycles.